The predicted octanol–water partition coefficient (Wildman–Crippen LogP) is 4.49. The molecular formula is C60H95N9O12. The molecule has 0 bridgehead atoms. The lowest BCUT2D eigenvalue weighted by molar-refractivity contribution is -0.149. The van der Waals surface area contributed by atoms with Crippen LogP contribution in [-0.4, -0.2) is 195 Å². The molecule has 1 saturated heterocycles. The summed E-state index contributed by atoms with van der Waals surface area (Å²) in [6, 6.07) is 15.2. The molecule has 1 fully saturated rings. The van der Waals surface area contributed by atoms with Crippen molar-refractivity contribution in [2.45, 2.75) is 149 Å². The van der Waals surface area contributed by atoms with Gasteiger partial charge in [0.15, 0.2) is 0 Å². The van der Waals surface area contributed by atoms with Crippen LogP contribution in [0.2, 0.25) is 0 Å². The molecule has 2 aromatic carbocycles. The quantitative estimate of drug-likeness (QED) is 0.0398. The SMILES string of the molecule is CC[C@H](C)[C@@H]([C@@H](CC(=O)N1CCC[C@H]1[C@H](OC)[C@@H](C)C(=O)N[C@@H](Cc1ccccc1)C(=O)O)OC)N(C)C(=O)C(NC(=O)[C@H](C(C)C)N(C)C(=O)CCOCCOCCNC(=O)CCn1c(CN(C)NC)cc2ccccc21)C(C)C. The highest BCUT2D eigenvalue weighted by atomic mass is 16.5. The van der Waals surface area contributed by atoms with E-state index >= 15 is 0 Å². The summed E-state index contributed by atoms with van der Waals surface area (Å²) >= 11 is 0. The summed E-state index contributed by atoms with van der Waals surface area (Å²) < 4.78 is 25.5. The molecule has 0 radical (unpaired) electrons. The zero-order valence-electron chi connectivity index (χ0n) is 50.4. The van der Waals surface area contributed by atoms with Gasteiger partial charge < -0.3 is 59.3 Å². The zero-order chi connectivity index (χ0) is 59.9. The van der Waals surface area contributed by atoms with Gasteiger partial charge in [-0.1, -0.05) is 103 Å². The van der Waals surface area contributed by atoms with Crippen LogP contribution in [0.15, 0.2) is 60.7 Å². The fourth-order valence-corrected chi connectivity index (χ4v) is 10.9. The van der Waals surface area contributed by atoms with E-state index in [1.165, 1.54) is 19.1 Å². The summed E-state index contributed by atoms with van der Waals surface area (Å²) in [5.74, 6) is -4.76. The third kappa shape index (κ3) is 19.6. The molecule has 4 rings (SSSR count). The summed E-state index contributed by atoms with van der Waals surface area (Å²) in [7, 11) is 10.1. The van der Waals surface area contributed by atoms with Crippen molar-refractivity contribution in [3.8, 4) is 0 Å². The molecule has 0 spiro atoms. The Hall–Kier alpha value is -5.97. The third-order valence-corrected chi connectivity index (χ3v) is 15.7. The van der Waals surface area contributed by atoms with E-state index in [1.807, 2.05) is 78.8 Å². The largest absolute Gasteiger partial charge is 0.480 e. The molecule has 5 N–H and O–H groups in total. The molecular weight excluding hydrogens is 1040 g/mol. The standard InChI is InChI=1S/C60H95N9O12/c1-14-41(6)55(49(78-12)37-52(72)69-29-20-25-48(69)56(79-13)42(7)57(73)63-46(60(76)77)35-43-21-16-15-17-22-43)67(11)59(75)53(39(2)3)64-58(74)54(40(4)5)66(10)51(71)27-31-80-33-34-81-32-28-62-50(70)26-30-68-45(38-65(9)61-8)36-44-23-18-19-24-47(44)68/h15-19,21-24,36,39-42,46,48-49,53-56,61H,14,20,25-35,37-38H2,1-13H3,(H,62,70)(H,63,73)(H,64,74)(H,76,77)/t41-,42+,46-,48-,49+,53?,54-,55-,56+/m0/s1. The number of aliphatic carboxylic acids is 1. The highest BCUT2D eigenvalue weighted by Gasteiger charge is 2.44. The second kappa shape index (κ2) is 33.8. The number of nitrogens with zero attached hydrogens (tertiary/aromatic N) is 5. The molecule has 81 heavy (non-hydrogen) atoms. The Morgan fingerprint density at radius 3 is 2.07 bits per heavy atom. The number of rotatable bonds is 36. The molecule has 9 atom stereocenters. The zero-order valence-corrected chi connectivity index (χ0v) is 50.4. The van der Waals surface area contributed by atoms with Crippen molar-refractivity contribution < 1.29 is 57.6 Å². The minimum absolute atomic E-state index is 0.0107. The number of hydrogen-bond acceptors (Lipinski definition) is 13. The Morgan fingerprint density at radius 1 is 0.790 bits per heavy atom. The molecule has 452 valence electrons. The van der Waals surface area contributed by atoms with Crippen LogP contribution in [0.4, 0.5) is 0 Å². The fraction of sp³-hybridized carbons (Fsp3) is 0.650. The number of carboxylic acid groups (broad SMARTS) is 1. The number of hydrogen-bond donors (Lipinski definition) is 5. The van der Waals surface area contributed by atoms with Crippen LogP contribution < -0.4 is 21.4 Å². The number of hydrazine groups is 1. The van der Waals surface area contributed by atoms with E-state index in [0.29, 0.717) is 58.5 Å². The summed E-state index contributed by atoms with van der Waals surface area (Å²) in [6.45, 7) is 15.9. The Kier molecular flexibility index (Phi) is 28.2. The molecule has 6 amide bonds. The van der Waals surface area contributed by atoms with E-state index < -0.39 is 66.1 Å². The van der Waals surface area contributed by atoms with Crippen LogP contribution in [0, 0.1) is 23.7 Å². The van der Waals surface area contributed by atoms with Gasteiger partial charge in [0.25, 0.3) is 0 Å². The van der Waals surface area contributed by atoms with Crippen molar-refractivity contribution in [2.24, 2.45) is 23.7 Å². The number of benzene rings is 2. The lowest BCUT2D eigenvalue weighted by Gasteiger charge is -2.41. The van der Waals surface area contributed by atoms with Gasteiger partial charge in [0, 0.05) is 79.0 Å². The van der Waals surface area contributed by atoms with Gasteiger partial charge in [0.05, 0.1) is 76.0 Å². The van der Waals surface area contributed by atoms with Gasteiger partial charge in [0.2, 0.25) is 35.4 Å². The number of amides is 6. The fourth-order valence-electron chi connectivity index (χ4n) is 10.9. The first-order valence-electron chi connectivity index (χ1n) is 28.7. The summed E-state index contributed by atoms with van der Waals surface area (Å²) in [4.78, 5) is 100. The molecule has 3 aromatic rings. The molecule has 1 aliphatic rings. The maximum absolute atomic E-state index is 14.7. The van der Waals surface area contributed by atoms with Crippen molar-refractivity contribution in [3.63, 3.8) is 0 Å². The van der Waals surface area contributed by atoms with Gasteiger partial charge >= 0.3 is 5.97 Å². The number of carbonyl (C=O) groups is 7. The lowest BCUT2D eigenvalue weighted by atomic mass is 9.89. The number of methoxy groups -OCH3 is 2. The van der Waals surface area contributed by atoms with Crippen LogP contribution in [0.3, 0.4) is 0 Å². The number of fused-ring (bicyclic) bond motifs is 1. The second-order valence-corrected chi connectivity index (χ2v) is 22.1. The first-order chi connectivity index (χ1) is 38.6. The van der Waals surface area contributed by atoms with Gasteiger partial charge in [-0.15, -0.1) is 0 Å². The van der Waals surface area contributed by atoms with E-state index in [4.69, 9.17) is 18.9 Å². The average molecular weight is 1130 g/mol. The number of aromatic nitrogens is 1. The van der Waals surface area contributed by atoms with Crippen molar-refractivity contribution in [1.82, 2.24) is 45.7 Å². The Balaban J connectivity index is 1.28. The molecule has 0 saturated carbocycles. The van der Waals surface area contributed by atoms with Crippen molar-refractivity contribution >= 4 is 52.3 Å². The maximum atomic E-state index is 14.7. The van der Waals surface area contributed by atoms with Crippen LogP contribution in [0.1, 0.15) is 98.2 Å². The van der Waals surface area contributed by atoms with E-state index in [1.54, 1.807) is 55.1 Å². The van der Waals surface area contributed by atoms with Crippen molar-refractivity contribution in [2.75, 3.05) is 81.9 Å². The van der Waals surface area contributed by atoms with E-state index in [-0.39, 0.29) is 80.5 Å². The lowest BCUT2D eigenvalue weighted by Crippen LogP contribution is -2.60. The Bertz CT molecular complexity index is 2470. The first kappa shape index (κ1) is 67.5. The normalized spacial score (nSPS) is 16.6. The molecule has 21 heteroatoms. The van der Waals surface area contributed by atoms with Gasteiger partial charge in [-0.05, 0) is 60.7 Å². The third-order valence-electron chi connectivity index (χ3n) is 15.7. The van der Waals surface area contributed by atoms with E-state index in [9.17, 15) is 38.7 Å². The number of nitrogens with one attached hydrogen (secondary N) is 4. The molecule has 0 aliphatic carbocycles. The number of carbonyl (C=O) groups excluding carboxylic acids is 6. The minimum Gasteiger partial charge on any atom is -0.480 e. The Labute approximate surface area is 480 Å². The number of para-hydroxylation sites is 1. The molecule has 1 aromatic heterocycles. The van der Waals surface area contributed by atoms with E-state index in [2.05, 4.69) is 44.1 Å². The first-order valence-corrected chi connectivity index (χ1v) is 28.7. The summed E-state index contributed by atoms with van der Waals surface area (Å²) in [6.07, 6.45) is 0.715. The molecule has 21 nitrogen and oxygen atoms in total. The van der Waals surface area contributed by atoms with E-state index in [0.717, 1.165) is 22.2 Å². The number of aryl methyl sites for hydroxylation is 1. The number of ether oxygens (including phenoxy) is 4. The number of likely N-dealkylation sites (N-methyl/N-ethyl adjacent to an activating group) is 2. The maximum Gasteiger partial charge on any atom is 0.326 e. The minimum atomic E-state index is -1.16. The number of carboxylic acids is 1. The highest BCUT2D eigenvalue weighted by Crippen LogP contribution is 2.30. The summed E-state index contributed by atoms with van der Waals surface area (Å²) in [5.41, 5.74) is 6.07. The monoisotopic (exact) mass is 1130 g/mol. The molecule has 1 unspecified atom stereocenters. The summed E-state index contributed by atoms with van der Waals surface area (Å²) in [5, 5.41) is 21.7. The van der Waals surface area contributed by atoms with Crippen molar-refractivity contribution in [3.05, 3.63) is 71.9 Å². The Morgan fingerprint density at radius 2 is 1.46 bits per heavy atom. The van der Waals surface area contributed by atoms with Crippen molar-refractivity contribution in [1.29, 1.82) is 0 Å². The van der Waals surface area contributed by atoms with Crippen LogP contribution in [0.25, 0.3) is 10.9 Å². The van der Waals surface area contributed by atoms with Gasteiger partial charge in [-0.3, -0.25) is 34.2 Å². The smallest absolute Gasteiger partial charge is 0.326 e. The predicted molar refractivity (Wildman–Crippen MR) is 310 cm³/mol. The van der Waals surface area contributed by atoms with Crippen LogP contribution in [0.5, 0.6) is 0 Å². The topological polar surface area (TPSA) is 243 Å². The molecule has 1 aliphatic heterocycles. The number of likely N-dealkylation sites (tertiary alicyclic amines) is 1. The molecule has 2 heterocycles. The van der Waals surface area contributed by atoms with Gasteiger partial charge in [-0.25, -0.2) is 9.80 Å². The van der Waals surface area contributed by atoms with Crippen LogP contribution >= 0.6 is 0 Å². The van der Waals surface area contributed by atoms with Gasteiger partial charge in [0.1, 0.15) is 18.1 Å². The van der Waals surface area contributed by atoms with Gasteiger partial charge in [-0.2, -0.15) is 0 Å². The second-order valence-electron chi connectivity index (χ2n) is 22.1. The highest BCUT2D eigenvalue weighted by molar-refractivity contribution is 5.92. The van der Waals surface area contributed by atoms with Crippen LogP contribution in [-0.2, 0) is 72.0 Å². The average Bonchev–Trinajstić information content (AvgIpc) is 4.10.